The van der Waals surface area contributed by atoms with Gasteiger partial charge in [0.1, 0.15) is 5.69 Å². The first-order chi connectivity index (χ1) is 9.70. The fourth-order valence-electron chi connectivity index (χ4n) is 2.37. The van der Waals surface area contributed by atoms with Crippen molar-refractivity contribution < 1.29 is 0 Å². The van der Waals surface area contributed by atoms with Crippen LogP contribution < -0.4 is 5.56 Å². The SMILES string of the molecule is CCc1ccc(-c2nc3ccccc3n(C)c2=O)cc1. The summed E-state index contributed by atoms with van der Waals surface area (Å²) in [6.07, 6.45) is 0.990. The fourth-order valence-corrected chi connectivity index (χ4v) is 2.37. The molecule has 0 saturated carbocycles. The van der Waals surface area contributed by atoms with Crippen LogP contribution in [0.3, 0.4) is 0 Å². The highest BCUT2D eigenvalue weighted by atomic mass is 16.1. The summed E-state index contributed by atoms with van der Waals surface area (Å²) >= 11 is 0. The molecule has 3 nitrogen and oxygen atoms in total. The number of nitrogens with zero attached hydrogens (tertiary/aromatic N) is 2. The standard InChI is InChI=1S/C17H16N2O/c1-3-12-8-10-13(11-9-12)16-17(20)19(2)15-7-5-4-6-14(15)18-16/h4-11H,3H2,1-2H3. The Balaban J connectivity index is 2.25. The van der Waals surface area contributed by atoms with Crippen molar-refractivity contribution in [3.63, 3.8) is 0 Å². The van der Waals surface area contributed by atoms with Gasteiger partial charge >= 0.3 is 0 Å². The number of benzene rings is 2. The van der Waals surface area contributed by atoms with Gasteiger partial charge in [-0.05, 0) is 24.1 Å². The zero-order chi connectivity index (χ0) is 14.1. The van der Waals surface area contributed by atoms with Crippen molar-refractivity contribution in [1.29, 1.82) is 0 Å². The molecule has 3 heteroatoms. The number of aryl methyl sites for hydroxylation is 2. The minimum atomic E-state index is -0.0621. The van der Waals surface area contributed by atoms with Crippen LogP contribution in [0.25, 0.3) is 22.3 Å². The van der Waals surface area contributed by atoms with Gasteiger partial charge < -0.3 is 4.57 Å². The highest BCUT2D eigenvalue weighted by Gasteiger charge is 2.10. The molecule has 0 N–H and O–H groups in total. The van der Waals surface area contributed by atoms with Crippen molar-refractivity contribution >= 4 is 11.0 Å². The van der Waals surface area contributed by atoms with Gasteiger partial charge in [0, 0.05) is 12.6 Å². The van der Waals surface area contributed by atoms with E-state index in [0.717, 1.165) is 23.0 Å². The lowest BCUT2D eigenvalue weighted by Gasteiger charge is -2.08. The van der Waals surface area contributed by atoms with Crippen molar-refractivity contribution in [1.82, 2.24) is 9.55 Å². The van der Waals surface area contributed by atoms with Gasteiger partial charge in [0.15, 0.2) is 0 Å². The highest BCUT2D eigenvalue weighted by molar-refractivity contribution is 5.77. The molecule has 3 rings (SSSR count). The molecule has 0 unspecified atom stereocenters. The van der Waals surface area contributed by atoms with Crippen LogP contribution in [-0.4, -0.2) is 9.55 Å². The summed E-state index contributed by atoms with van der Waals surface area (Å²) in [6.45, 7) is 2.11. The van der Waals surface area contributed by atoms with E-state index < -0.39 is 0 Å². The van der Waals surface area contributed by atoms with Crippen LogP contribution in [-0.2, 0) is 13.5 Å². The quantitative estimate of drug-likeness (QED) is 0.712. The fraction of sp³-hybridized carbons (Fsp3) is 0.176. The lowest BCUT2D eigenvalue weighted by Crippen LogP contribution is -2.20. The predicted molar refractivity (Wildman–Crippen MR) is 81.8 cm³/mol. The normalized spacial score (nSPS) is 10.9. The molecule has 1 aromatic heterocycles. The summed E-state index contributed by atoms with van der Waals surface area (Å²) < 4.78 is 1.66. The molecule has 0 aliphatic heterocycles. The van der Waals surface area contributed by atoms with E-state index in [-0.39, 0.29) is 5.56 Å². The minimum absolute atomic E-state index is 0.0621. The van der Waals surface area contributed by atoms with Crippen molar-refractivity contribution in [2.45, 2.75) is 13.3 Å². The van der Waals surface area contributed by atoms with E-state index in [1.54, 1.807) is 11.6 Å². The number of rotatable bonds is 2. The van der Waals surface area contributed by atoms with Crippen molar-refractivity contribution in [2.24, 2.45) is 7.05 Å². The summed E-state index contributed by atoms with van der Waals surface area (Å²) in [5.74, 6) is 0. The highest BCUT2D eigenvalue weighted by Crippen LogP contribution is 2.17. The molecule has 20 heavy (non-hydrogen) atoms. The Morgan fingerprint density at radius 3 is 2.45 bits per heavy atom. The second-order valence-electron chi connectivity index (χ2n) is 4.86. The number of fused-ring (bicyclic) bond motifs is 1. The topological polar surface area (TPSA) is 34.9 Å². The molecule has 0 radical (unpaired) electrons. The molecule has 1 heterocycles. The first-order valence-electron chi connectivity index (χ1n) is 6.76. The Hall–Kier alpha value is -2.42. The van der Waals surface area contributed by atoms with Gasteiger partial charge in [-0.15, -0.1) is 0 Å². The molecule has 0 spiro atoms. The summed E-state index contributed by atoms with van der Waals surface area (Å²) in [6, 6.07) is 15.7. The third kappa shape index (κ3) is 2.01. The van der Waals surface area contributed by atoms with Crippen molar-refractivity contribution in [3.8, 4) is 11.3 Å². The maximum Gasteiger partial charge on any atom is 0.277 e. The zero-order valence-corrected chi connectivity index (χ0v) is 11.6. The van der Waals surface area contributed by atoms with E-state index in [4.69, 9.17) is 0 Å². The Morgan fingerprint density at radius 2 is 1.75 bits per heavy atom. The monoisotopic (exact) mass is 264 g/mol. The van der Waals surface area contributed by atoms with E-state index in [2.05, 4.69) is 11.9 Å². The first-order valence-corrected chi connectivity index (χ1v) is 6.76. The van der Waals surface area contributed by atoms with E-state index in [0.29, 0.717) is 5.69 Å². The number of hydrogen-bond donors (Lipinski definition) is 0. The third-order valence-electron chi connectivity index (χ3n) is 3.62. The first kappa shape index (κ1) is 12.6. The Morgan fingerprint density at radius 1 is 1.05 bits per heavy atom. The van der Waals surface area contributed by atoms with Crippen molar-refractivity contribution in [3.05, 3.63) is 64.4 Å². The molecular formula is C17H16N2O. The second-order valence-corrected chi connectivity index (χ2v) is 4.86. The van der Waals surface area contributed by atoms with E-state index in [1.165, 1.54) is 5.56 Å². The molecule has 2 aromatic carbocycles. The number of aromatic nitrogens is 2. The average Bonchev–Trinajstić information content (AvgIpc) is 2.51. The summed E-state index contributed by atoms with van der Waals surface area (Å²) in [4.78, 5) is 17.0. The molecule has 0 fully saturated rings. The van der Waals surface area contributed by atoms with Crippen LogP contribution in [0.2, 0.25) is 0 Å². The van der Waals surface area contributed by atoms with Gasteiger partial charge in [0.2, 0.25) is 0 Å². The van der Waals surface area contributed by atoms with E-state index in [1.807, 2.05) is 48.5 Å². The maximum atomic E-state index is 12.4. The summed E-state index contributed by atoms with van der Waals surface area (Å²) in [7, 11) is 1.79. The Bertz CT molecular complexity index is 817. The van der Waals surface area contributed by atoms with Crippen LogP contribution in [0, 0.1) is 0 Å². The van der Waals surface area contributed by atoms with Crippen LogP contribution >= 0.6 is 0 Å². The smallest absolute Gasteiger partial charge is 0.277 e. The number of hydrogen-bond acceptors (Lipinski definition) is 2. The molecule has 3 aromatic rings. The van der Waals surface area contributed by atoms with Crippen LogP contribution in [0.15, 0.2) is 53.3 Å². The van der Waals surface area contributed by atoms with Gasteiger partial charge in [-0.3, -0.25) is 4.79 Å². The molecular weight excluding hydrogens is 248 g/mol. The Labute approximate surface area is 117 Å². The van der Waals surface area contributed by atoms with Crippen LogP contribution in [0.5, 0.6) is 0 Å². The maximum absolute atomic E-state index is 12.4. The number of para-hydroxylation sites is 2. The van der Waals surface area contributed by atoms with E-state index in [9.17, 15) is 4.79 Å². The average molecular weight is 264 g/mol. The van der Waals surface area contributed by atoms with Crippen molar-refractivity contribution in [2.75, 3.05) is 0 Å². The lowest BCUT2D eigenvalue weighted by atomic mass is 10.1. The third-order valence-corrected chi connectivity index (χ3v) is 3.62. The van der Waals surface area contributed by atoms with Crippen LogP contribution in [0.1, 0.15) is 12.5 Å². The predicted octanol–water partition coefficient (Wildman–Crippen LogP) is 3.16. The molecule has 0 amide bonds. The van der Waals surface area contributed by atoms with Gasteiger partial charge in [0.25, 0.3) is 5.56 Å². The van der Waals surface area contributed by atoms with E-state index >= 15 is 0 Å². The second kappa shape index (κ2) is 4.93. The molecule has 0 bridgehead atoms. The zero-order valence-electron chi connectivity index (χ0n) is 11.6. The summed E-state index contributed by atoms with van der Waals surface area (Å²) in [5, 5.41) is 0. The molecule has 100 valence electrons. The van der Waals surface area contributed by atoms with Gasteiger partial charge in [0.05, 0.1) is 11.0 Å². The van der Waals surface area contributed by atoms with Gasteiger partial charge in [-0.1, -0.05) is 43.3 Å². The molecule has 0 atom stereocenters. The van der Waals surface area contributed by atoms with Crippen LogP contribution in [0.4, 0.5) is 0 Å². The minimum Gasteiger partial charge on any atom is -0.308 e. The Kier molecular flexibility index (Phi) is 3.11. The molecule has 0 aliphatic carbocycles. The molecule has 0 saturated heterocycles. The summed E-state index contributed by atoms with van der Waals surface area (Å²) in [5.41, 5.74) is 4.26. The largest absolute Gasteiger partial charge is 0.308 e. The van der Waals surface area contributed by atoms with Gasteiger partial charge in [-0.25, -0.2) is 4.98 Å². The molecule has 0 aliphatic rings. The van der Waals surface area contributed by atoms with Gasteiger partial charge in [-0.2, -0.15) is 0 Å². The lowest BCUT2D eigenvalue weighted by molar-refractivity contribution is 0.895.